The highest BCUT2D eigenvalue weighted by atomic mass is 32.2. The Labute approximate surface area is 174 Å². The van der Waals surface area contributed by atoms with Crippen LogP contribution in [0.5, 0.6) is 0 Å². The molecule has 1 heterocycles. The number of para-hydroxylation sites is 1. The number of hydrogen-bond acceptors (Lipinski definition) is 4. The number of carbonyl (C=O) groups excluding carboxylic acids is 1. The Hall–Kier alpha value is -3.05. The second-order valence-corrected chi connectivity index (χ2v) is 7.92. The minimum Gasteiger partial charge on any atom is -0.431 e. The van der Waals surface area contributed by atoms with Crippen LogP contribution in [0.3, 0.4) is 0 Å². The van der Waals surface area contributed by atoms with Gasteiger partial charge in [0.25, 0.3) is 11.1 Å². The lowest BCUT2D eigenvalue weighted by Crippen LogP contribution is -2.26. The summed E-state index contributed by atoms with van der Waals surface area (Å²) in [6, 6.07) is 23.5. The molecule has 1 amide bonds. The molecular formula is C24H22N2O2S. The molecule has 4 aromatic rings. The Bertz CT molecular complexity index is 1140. The summed E-state index contributed by atoms with van der Waals surface area (Å²) >= 11 is 1.53. The Balaban J connectivity index is 1.42. The third-order valence-electron chi connectivity index (χ3n) is 4.80. The summed E-state index contributed by atoms with van der Waals surface area (Å²) in [5.74, 6) is 0.604. The van der Waals surface area contributed by atoms with Crippen LogP contribution in [0.1, 0.15) is 40.0 Å². The van der Waals surface area contributed by atoms with Crippen molar-refractivity contribution in [3.8, 4) is 0 Å². The predicted molar refractivity (Wildman–Crippen MR) is 117 cm³/mol. The fraction of sp³-hybridized carbons (Fsp3) is 0.167. The van der Waals surface area contributed by atoms with Gasteiger partial charge in [-0.3, -0.25) is 4.79 Å². The molecule has 0 aliphatic carbocycles. The van der Waals surface area contributed by atoms with Gasteiger partial charge >= 0.3 is 0 Å². The van der Waals surface area contributed by atoms with Gasteiger partial charge in [-0.05, 0) is 48.7 Å². The van der Waals surface area contributed by atoms with Crippen molar-refractivity contribution in [3.63, 3.8) is 0 Å². The van der Waals surface area contributed by atoms with Crippen molar-refractivity contribution in [1.29, 1.82) is 0 Å². The van der Waals surface area contributed by atoms with Gasteiger partial charge in [-0.25, -0.2) is 4.98 Å². The second kappa shape index (κ2) is 8.53. The smallest absolute Gasteiger partial charge is 0.257 e. The minimum absolute atomic E-state index is 0.0512. The molecule has 1 N–H and O–H groups in total. The average molecular weight is 403 g/mol. The van der Waals surface area contributed by atoms with E-state index in [1.165, 1.54) is 11.8 Å². The summed E-state index contributed by atoms with van der Waals surface area (Å²) in [6.07, 6.45) is 0. The van der Waals surface area contributed by atoms with Crippen LogP contribution < -0.4 is 5.32 Å². The fourth-order valence-corrected chi connectivity index (χ4v) is 3.95. The maximum absolute atomic E-state index is 12.7. The molecule has 3 aromatic carbocycles. The van der Waals surface area contributed by atoms with Crippen LogP contribution in [0.4, 0.5) is 0 Å². The van der Waals surface area contributed by atoms with Crippen LogP contribution in [-0.4, -0.2) is 10.9 Å². The molecule has 0 radical (unpaired) electrons. The van der Waals surface area contributed by atoms with Gasteiger partial charge in [0.15, 0.2) is 5.58 Å². The number of amides is 1. The summed E-state index contributed by atoms with van der Waals surface area (Å²) in [5.41, 5.74) is 5.59. The van der Waals surface area contributed by atoms with Crippen LogP contribution in [-0.2, 0) is 5.75 Å². The van der Waals surface area contributed by atoms with Crippen molar-refractivity contribution in [1.82, 2.24) is 10.3 Å². The van der Waals surface area contributed by atoms with E-state index in [-0.39, 0.29) is 11.9 Å². The highest BCUT2D eigenvalue weighted by Gasteiger charge is 2.13. The van der Waals surface area contributed by atoms with E-state index >= 15 is 0 Å². The monoisotopic (exact) mass is 402 g/mol. The zero-order valence-electron chi connectivity index (χ0n) is 16.4. The second-order valence-electron chi connectivity index (χ2n) is 7.00. The van der Waals surface area contributed by atoms with Gasteiger partial charge in [-0.15, -0.1) is 0 Å². The number of rotatable bonds is 6. The highest BCUT2D eigenvalue weighted by molar-refractivity contribution is 7.98. The fourth-order valence-electron chi connectivity index (χ4n) is 3.18. The molecular weight excluding hydrogens is 380 g/mol. The molecule has 0 bridgehead atoms. The molecule has 29 heavy (non-hydrogen) atoms. The average Bonchev–Trinajstić information content (AvgIpc) is 3.18. The van der Waals surface area contributed by atoms with Gasteiger partial charge < -0.3 is 9.73 Å². The summed E-state index contributed by atoms with van der Waals surface area (Å²) in [7, 11) is 0. The number of carbonyl (C=O) groups is 1. The summed E-state index contributed by atoms with van der Waals surface area (Å²) in [5, 5.41) is 3.70. The van der Waals surface area contributed by atoms with Gasteiger partial charge in [0.05, 0.1) is 6.04 Å². The van der Waals surface area contributed by atoms with Gasteiger partial charge in [0.1, 0.15) is 5.52 Å². The third-order valence-corrected chi connectivity index (χ3v) is 5.70. The zero-order valence-corrected chi connectivity index (χ0v) is 17.2. The van der Waals surface area contributed by atoms with E-state index in [2.05, 4.69) is 10.3 Å². The lowest BCUT2D eigenvalue weighted by atomic mass is 10.1. The van der Waals surface area contributed by atoms with Gasteiger partial charge in [-0.2, -0.15) is 0 Å². The quantitative estimate of drug-likeness (QED) is 0.407. The molecule has 1 aromatic heterocycles. The number of thioether (sulfide) groups is 1. The lowest BCUT2D eigenvalue weighted by molar-refractivity contribution is 0.0940. The number of benzene rings is 3. The Morgan fingerprint density at radius 3 is 2.66 bits per heavy atom. The van der Waals surface area contributed by atoms with Crippen molar-refractivity contribution < 1.29 is 9.21 Å². The molecule has 0 saturated carbocycles. The van der Waals surface area contributed by atoms with Crippen LogP contribution in [0.25, 0.3) is 11.1 Å². The minimum atomic E-state index is -0.0781. The van der Waals surface area contributed by atoms with E-state index in [9.17, 15) is 4.79 Å². The first kappa shape index (κ1) is 19.3. The van der Waals surface area contributed by atoms with Crippen molar-refractivity contribution in [2.75, 3.05) is 0 Å². The molecule has 4 rings (SSSR count). The Morgan fingerprint density at radius 2 is 1.86 bits per heavy atom. The molecule has 4 nitrogen and oxygen atoms in total. The van der Waals surface area contributed by atoms with E-state index in [0.29, 0.717) is 16.5 Å². The summed E-state index contributed by atoms with van der Waals surface area (Å²) in [4.78, 5) is 17.2. The lowest BCUT2D eigenvalue weighted by Gasteiger charge is -2.14. The van der Waals surface area contributed by atoms with Crippen LogP contribution in [0.2, 0.25) is 0 Å². The van der Waals surface area contributed by atoms with E-state index in [0.717, 1.165) is 27.8 Å². The van der Waals surface area contributed by atoms with Crippen LogP contribution >= 0.6 is 11.8 Å². The van der Waals surface area contributed by atoms with Crippen LogP contribution in [0, 0.1) is 6.92 Å². The normalized spacial score (nSPS) is 12.1. The molecule has 0 spiro atoms. The third kappa shape index (κ3) is 4.51. The number of fused-ring (bicyclic) bond motifs is 1. The standard InChI is InChI=1S/C24H22N2O2S/c1-16-8-6-13-21-22(16)26-24(28-21)29-15-18-9-7-12-20(14-18)23(27)25-17(2)19-10-4-3-5-11-19/h3-14,17H,15H2,1-2H3,(H,25,27)/t17-/m1/s1. The van der Waals surface area contributed by atoms with Crippen molar-refractivity contribution in [2.45, 2.75) is 30.9 Å². The molecule has 0 aliphatic heterocycles. The number of oxazole rings is 1. The van der Waals surface area contributed by atoms with E-state index in [1.807, 2.05) is 86.6 Å². The molecule has 0 saturated heterocycles. The van der Waals surface area contributed by atoms with Crippen molar-refractivity contribution in [2.24, 2.45) is 0 Å². The van der Waals surface area contributed by atoms with E-state index < -0.39 is 0 Å². The summed E-state index contributed by atoms with van der Waals surface area (Å²) < 4.78 is 5.82. The molecule has 0 unspecified atom stereocenters. The first-order valence-electron chi connectivity index (χ1n) is 9.54. The van der Waals surface area contributed by atoms with E-state index in [1.54, 1.807) is 0 Å². The topological polar surface area (TPSA) is 55.1 Å². The predicted octanol–water partition coefficient (Wildman–Crippen LogP) is 5.92. The van der Waals surface area contributed by atoms with E-state index in [4.69, 9.17) is 4.42 Å². The first-order valence-corrected chi connectivity index (χ1v) is 10.5. The number of aryl methyl sites for hydroxylation is 1. The number of aromatic nitrogens is 1. The molecule has 0 aliphatic rings. The SMILES string of the molecule is Cc1cccc2oc(SCc3cccc(C(=O)N[C@H](C)c4ccccc4)c3)nc12. The van der Waals surface area contributed by atoms with Gasteiger partial charge in [0.2, 0.25) is 0 Å². The number of hydrogen-bond donors (Lipinski definition) is 1. The zero-order chi connectivity index (χ0) is 20.2. The van der Waals surface area contributed by atoms with Crippen LogP contribution in [0.15, 0.2) is 82.4 Å². The Morgan fingerprint density at radius 1 is 1.07 bits per heavy atom. The molecule has 1 atom stereocenters. The molecule has 146 valence electrons. The maximum atomic E-state index is 12.7. The number of nitrogens with one attached hydrogen (secondary N) is 1. The highest BCUT2D eigenvalue weighted by Crippen LogP contribution is 2.28. The molecule has 5 heteroatoms. The maximum Gasteiger partial charge on any atom is 0.257 e. The largest absolute Gasteiger partial charge is 0.431 e. The first-order chi connectivity index (χ1) is 14.1. The van der Waals surface area contributed by atoms with Crippen molar-refractivity contribution >= 4 is 28.8 Å². The molecule has 0 fully saturated rings. The number of nitrogens with zero attached hydrogens (tertiary/aromatic N) is 1. The Kier molecular flexibility index (Phi) is 5.67. The van der Waals surface area contributed by atoms with Gasteiger partial charge in [-0.1, -0.05) is 66.4 Å². The summed E-state index contributed by atoms with van der Waals surface area (Å²) in [6.45, 7) is 4.01. The van der Waals surface area contributed by atoms with Crippen molar-refractivity contribution in [3.05, 3.63) is 95.1 Å². The van der Waals surface area contributed by atoms with Gasteiger partial charge in [0, 0.05) is 11.3 Å².